The lowest BCUT2D eigenvalue weighted by molar-refractivity contribution is -0.704. The highest BCUT2D eigenvalue weighted by molar-refractivity contribution is 4.86. The normalized spacial score (nSPS) is 11.6. The molecule has 1 rings (SSSR count). The van der Waals surface area contributed by atoms with E-state index in [1.807, 2.05) is 0 Å². The van der Waals surface area contributed by atoms with Crippen molar-refractivity contribution in [2.45, 2.75) is 143 Å². The van der Waals surface area contributed by atoms with Gasteiger partial charge in [-0.05, 0) is 33.1 Å². The summed E-state index contributed by atoms with van der Waals surface area (Å²) in [4.78, 5) is 0. The van der Waals surface area contributed by atoms with Crippen molar-refractivity contribution < 1.29 is 4.57 Å². The Morgan fingerprint density at radius 3 is 1.70 bits per heavy atom. The molecule has 2 heteroatoms. The Labute approximate surface area is 170 Å². The molecular formula is C25H49N2+. The number of unbranched alkanes of at least 4 members (excludes halogenated alkanes) is 13. The molecule has 1 heterocycles. The van der Waals surface area contributed by atoms with Crippen molar-refractivity contribution in [3.8, 4) is 0 Å². The molecule has 0 radical (unpaired) electrons. The maximum atomic E-state index is 2.55. The van der Waals surface area contributed by atoms with E-state index in [4.69, 9.17) is 0 Å². The van der Waals surface area contributed by atoms with Crippen molar-refractivity contribution in [3.63, 3.8) is 0 Å². The minimum atomic E-state index is 0.573. The van der Waals surface area contributed by atoms with Gasteiger partial charge in [0.2, 0.25) is 0 Å². The molecule has 0 spiro atoms. The largest absolute Gasteiger partial charge is 0.256 e. The lowest BCUT2D eigenvalue weighted by Gasteiger charge is -2.08. The zero-order valence-corrected chi connectivity index (χ0v) is 19.1. The van der Waals surface area contributed by atoms with Gasteiger partial charge in [0.25, 0.3) is 5.82 Å². The van der Waals surface area contributed by atoms with Crippen LogP contribution in [-0.2, 0) is 13.0 Å². The molecule has 0 N–H and O–H groups in total. The molecule has 0 aromatic carbocycles. The maximum Gasteiger partial charge on any atom is 0.256 e. The SMILES string of the molecule is CCCCCCCCCCc1n(C(C)C)cc[n+]1CCCCCCCCC. The predicted molar refractivity (Wildman–Crippen MR) is 119 cm³/mol. The summed E-state index contributed by atoms with van der Waals surface area (Å²) in [5, 5.41) is 0. The summed E-state index contributed by atoms with van der Waals surface area (Å²) in [6.45, 7) is 10.4. The van der Waals surface area contributed by atoms with E-state index in [0.717, 1.165) is 0 Å². The van der Waals surface area contributed by atoms with Crippen LogP contribution in [0.1, 0.15) is 136 Å². The summed E-state index contributed by atoms with van der Waals surface area (Å²) in [6.07, 6.45) is 26.9. The van der Waals surface area contributed by atoms with E-state index in [1.54, 1.807) is 5.82 Å². The fraction of sp³-hybridized carbons (Fsp3) is 0.880. The standard InChI is InChI=1S/C25H49N2/c1-5-7-9-11-13-14-16-18-20-25-26(22-23-27(25)24(3)4)21-19-17-15-12-10-8-6-2/h22-24H,5-21H2,1-4H3/q+1. The van der Waals surface area contributed by atoms with Crippen molar-refractivity contribution in [2.24, 2.45) is 0 Å². The van der Waals surface area contributed by atoms with E-state index in [0.29, 0.717) is 6.04 Å². The molecule has 0 bridgehead atoms. The third-order valence-electron chi connectivity index (χ3n) is 5.85. The number of aryl methyl sites for hydroxylation is 1. The Bertz CT molecular complexity index is 447. The van der Waals surface area contributed by atoms with Gasteiger partial charge in [0, 0.05) is 6.42 Å². The maximum absolute atomic E-state index is 2.55. The van der Waals surface area contributed by atoms with Gasteiger partial charge in [0.15, 0.2) is 0 Å². The van der Waals surface area contributed by atoms with Gasteiger partial charge in [-0.1, -0.05) is 90.9 Å². The molecule has 0 aliphatic heterocycles. The average Bonchev–Trinajstić information content (AvgIpc) is 3.06. The molecule has 0 saturated heterocycles. The van der Waals surface area contributed by atoms with Gasteiger partial charge in [0.05, 0.1) is 12.6 Å². The molecule has 2 nitrogen and oxygen atoms in total. The minimum absolute atomic E-state index is 0.573. The van der Waals surface area contributed by atoms with E-state index in [-0.39, 0.29) is 0 Å². The average molecular weight is 378 g/mol. The molecule has 0 atom stereocenters. The Kier molecular flexibility index (Phi) is 14.5. The van der Waals surface area contributed by atoms with Gasteiger partial charge in [-0.25, -0.2) is 9.13 Å². The number of hydrogen-bond donors (Lipinski definition) is 0. The van der Waals surface area contributed by atoms with Gasteiger partial charge in [-0.2, -0.15) is 0 Å². The summed E-state index contributed by atoms with van der Waals surface area (Å²) in [5.41, 5.74) is 0. The zero-order valence-electron chi connectivity index (χ0n) is 19.1. The summed E-state index contributed by atoms with van der Waals surface area (Å²) < 4.78 is 5.05. The van der Waals surface area contributed by atoms with Crippen molar-refractivity contribution in [1.29, 1.82) is 0 Å². The van der Waals surface area contributed by atoms with Gasteiger partial charge in [-0.3, -0.25) is 0 Å². The van der Waals surface area contributed by atoms with E-state index >= 15 is 0 Å². The van der Waals surface area contributed by atoms with Gasteiger partial charge < -0.3 is 0 Å². The van der Waals surface area contributed by atoms with Crippen LogP contribution in [-0.4, -0.2) is 4.57 Å². The fourth-order valence-corrected chi connectivity index (χ4v) is 4.08. The highest BCUT2D eigenvalue weighted by atomic mass is 15.2. The highest BCUT2D eigenvalue weighted by Crippen LogP contribution is 2.14. The topological polar surface area (TPSA) is 8.81 Å². The molecule has 0 unspecified atom stereocenters. The molecule has 0 fully saturated rings. The van der Waals surface area contributed by atoms with Gasteiger partial charge in [-0.15, -0.1) is 0 Å². The van der Waals surface area contributed by atoms with E-state index in [1.165, 1.54) is 109 Å². The number of nitrogens with zero attached hydrogens (tertiary/aromatic N) is 2. The molecule has 27 heavy (non-hydrogen) atoms. The van der Waals surface area contributed by atoms with E-state index in [9.17, 15) is 0 Å². The monoisotopic (exact) mass is 377 g/mol. The van der Waals surface area contributed by atoms with Crippen molar-refractivity contribution in [1.82, 2.24) is 4.57 Å². The fourth-order valence-electron chi connectivity index (χ4n) is 4.08. The Morgan fingerprint density at radius 2 is 1.19 bits per heavy atom. The predicted octanol–water partition coefficient (Wildman–Crippen LogP) is 7.79. The molecule has 0 aliphatic carbocycles. The molecular weight excluding hydrogens is 328 g/mol. The lowest BCUT2D eigenvalue weighted by Crippen LogP contribution is -2.37. The van der Waals surface area contributed by atoms with Crippen LogP contribution in [0.2, 0.25) is 0 Å². The van der Waals surface area contributed by atoms with Crippen molar-refractivity contribution in [3.05, 3.63) is 18.2 Å². The van der Waals surface area contributed by atoms with Gasteiger partial charge in [0.1, 0.15) is 12.4 Å². The molecule has 158 valence electrons. The number of imidazole rings is 1. The minimum Gasteiger partial charge on any atom is -0.234 e. The van der Waals surface area contributed by atoms with Crippen LogP contribution >= 0.6 is 0 Å². The van der Waals surface area contributed by atoms with Crippen LogP contribution in [0.25, 0.3) is 0 Å². The summed E-state index contributed by atoms with van der Waals surface area (Å²) in [5.74, 6) is 1.56. The van der Waals surface area contributed by atoms with E-state index < -0.39 is 0 Å². The first-order valence-corrected chi connectivity index (χ1v) is 12.3. The second kappa shape index (κ2) is 16.2. The highest BCUT2D eigenvalue weighted by Gasteiger charge is 2.18. The first-order valence-electron chi connectivity index (χ1n) is 12.3. The molecule has 1 aromatic heterocycles. The van der Waals surface area contributed by atoms with Crippen LogP contribution in [0.15, 0.2) is 12.4 Å². The smallest absolute Gasteiger partial charge is 0.234 e. The third kappa shape index (κ3) is 11.0. The van der Waals surface area contributed by atoms with Crippen LogP contribution in [0.5, 0.6) is 0 Å². The summed E-state index contributed by atoms with van der Waals surface area (Å²) in [6, 6.07) is 0.573. The molecule has 0 aliphatic rings. The van der Waals surface area contributed by atoms with Crippen LogP contribution in [0.4, 0.5) is 0 Å². The van der Waals surface area contributed by atoms with Crippen LogP contribution in [0, 0.1) is 0 Å². The summed E-state index contributed by atoms with van der Waals surface area (Å²) >= 11 is 0. The lowest BCUT2D eigenvalue weighted by atomic mass is 10.1. The van der Waals surface area contributed by atoms with Gasteiger partial charge >= 0.3 is 0 Å². The Hall–Kier alpha value is -0.790. The van der Waals surface area contributed by atoms with Crippen molar-refractivity contribution in [2.75, 3.05) is 0 Å². The van der Waals surface area contributed by atoms with Crippen LogP contribution < -0.4 is 4.57 Å². The first kappa shape index (κ1) is 24.2. The molecule has 0 saturated carbocycles. The Morgan fingerprint density at radius 1 is 0.704 bits per heavy atom. The number of aromatic nitrogens is 2. The zero-order chi connectivity index (χ0) is 19.7. The second-order valence-electron chi connectivity index (χ2n) is 8.75. The quantitative estimate of drug-likeness (QED) is 0.182. The number of rotatable bonds is 18. The van der Waals surface area contributed by atoms with Crippen molar-refractivity contribution >= 4 is 0 Å². The Balaban J connectivity index is 2.30. The summed E-state index contributed by atoms with van der Waals surface area (Å²) in [7, 11) is 0. The molecule has 0 amide bonds. The second-order valence-corrected chi connectivity index (χ2v) is 8.75. The third-order valence-corrected chi connectivity index (χ3v) is 5.85. The number of hydrogen-bond acceptors (Lipinski definition) is 0. The first-order chi connectivity index (χ1) is 13.2. The molecule has 1 aromatic rings. The van der Waals surface area contributed by atoms with E-state index in [2.05, 4.69) is 49.2 Å². The van der Waals surface area contributed by atoms with Crippen LogP contribution in [0.3, 0.4) is 0 Å².